The Kier molecular flexibility index (Phi) is 5.17. The Balaban J connectivity index is 1.65. The van der Waals surface area contributed by atoms with E-state index in [1.807, 2.05) is 25.1 Å². The fourth-order valence-electron chi connectivity index (χ4n) is 2.98. The molecule has 0 spiro atoms. The van der Waals surface area contributed by atoms with Gasteiger partial charge in [0.1, 0.15) is 0 Å². The summed E-state index contributed by atoms with van der Waals surface area (Å²) in [7, 11) is 0. The molecule has 0 aliphatic carbocycles. The Bertz CT molecular complexity index is 1180. The van der Waals surface area contributed by atoms with Crippen LogP contribution in [-0.4, -0.2) is 15.7 Å². The second kappa shape index (κ2) is 7.79. The Morgan fingerprint density at radius 3 is 2.40 bits per heavy atom. The lowest BCUT2D eigenvalue weighted by atomic mass is 10.1. The zero-order valence-corrected chi connectivity index (χ0v) is 16.6. The van der Waals surface area contributed by atoms with Crippen LogP contribution < -0.4 is 5.32 Å². The summed E-state index contributed by atoms with van der Waals surface area (Å²) in [6.45, 7) is 1.89. The first-order valence-corrected chi connectivity index (χ1v) is 9.89. The monoisotopic (exact) mass is 427 g/mol. The lowest BCUT2D eigenvalue weighted by Crippen LogP contribution is -2.13. The fraction of sp³-hybridized carbons (Fsp3) is 0.0909. The number of nitrogens with zero attached hydrogens (tertiary/aromatic N) is 2. The summed E-state index contributed by atoms with van der Waals surface area (Å²) in [6, 6.07) is 18.2. The van der Waals surface area contributed by atoms with Gasteiger partial charge in [0.15, 0.2) is 5.69 Å². The molecular weight excluding hydrogens is 411 g/mol. The smallest absolute Gasteiger partial charge is 0.322 e. The van der Waals surface area contributed by atoms with Gasteiger partial charge in [-0.15, -0.1) is 11.3 Å². The minimum atomic E-state index is -4.55. The molecule has 152 valence electrons. The lowest BCUT2D eigenvalue weighted by molar-refractivity contribution is -0.141. The molecule has 1 amide bonds. The van der Waals surface area contributed by atoms with Gasteiger partial charge in [-0.05, 0) is 60.3 Å². The van der Waals surface area contributed by atoms with Gasteiger partial charge in [-0.25, -0.2) is 4.68 Å². The number of nitrogens with one attached hydrogen (secondary N) is 1. The molecule has 2 heterocycles. The van der Waals surface area contributed by atoms with E-state index in [1.165, 1.54) is 16.0 Å². The second-order valence-electron chi connectivity index (χ2n) is 6.62. The van der Waals surface area contributed by atoms with Crippen LogP contribution in [0.4, 0.5) is 18.9 Å². The molecule has 30 heavy (non-hydrogen) atoms. The number of aromatic nitrogens is 2. The number of alkyl halides is 3. The summed E-state index contributed by atoms with van der Waals surface area (Å²) in [5, 5.41) is 8.38. The van der Waals surface area contributed by atoms with Gasteiger partial charge in [0.05, 0.1) is 16.3 Å². The second-order valence-corrected chi connectivity index (χ2v) is 7.57. The number of halogens is 3. The number of carbonyl (C=O) groups excluding carboxylic acids is 1. The fourth-order valence-corrected chi connectivity index (χ4v) is 3.70. The first-order chi connectivity index (χ1) is 14.3. The largest absolute Gasteiger partial charge is 0.435 e. The summed E-state index contributed by atoms with van der Waals surface area (Å²) in [6.07, 6.45) is -4.55. The molecule has 0 saturated heterocycles. The normalized spacial score (nSPS) is 11.5. The molecule has 0 radical (unpaired) electrons. The van der Waals surface area contributed by atoms with E-state index in [4.69, 9.17) is 0 Å². The van der Waals surface area contributed by atoms with E-state index < -0.39 is 11.9 Å². The van der Waals surface area contributed by atoms with Crippen molar-refractivity contribution in [2.45, 2.75) is 13.1 Å². The van der Waals surface area contributed by atoms with Crippen LogP contribution in [-0.2, 0) is 6.18 Å². The topological polar surface area (TPSA) is 46.9 Å². The molecule has 2 aromatic carbocycles. The van der Waals surface area contributed by atoms with E-state index in [1.54, 1.807) is 47.8 Å². The third kappa shape index (κ3) is 3.99. The summed E-state index contributed by atoms with van der Waals surface area (Å²) < 4.78 is 40.9. The summed E-state index contributed by atoms with van der Waals surface area (Å²) in [5.74, 6) is -0.300. The maximum atomic E-state index is 13.2. The van der Waals surface area contributed by atoms with Gasteiger partial charge in [0.2, 0.25) is 0 Å². The van der Waals surface area contributed by atoms with Crippen molar-refractivity contribution >= 4 is 22.9 Å². The molecule has 0 fully saturated rings. The van der Waals surface area contributed by atoms with Gasteiger partial charge < -0.3 is 5.32 Å². The number of carbonyl (C=O) groups is 1. The highest BCUT2D eigenvalue weighted by molar-refractivity contribution is 7.13. The van der Waals surface area contributed by atoms with Gasteiger partial charge in [-0.1, -0.05) is 24.3 Å². The number of hydrogen-bond acceptors (Lipinski definition) is 3. The molecule has 0 bridgehead atoms. The van der Waals surface area contributed by atoms with Gasteiger partial charge in [0.25, 0.3) is 5.91 Å². The Morgan fingerprint density at radius 1 is 1.03 bits per heavy atom. The third-order valence-corrected chi connectivity index (χ3v) is 5.43. The van der Waals surface area contributed by atoms with E-state index in [0.717, 1.165) is 11.6 Å². The summed E-state index contributed by atoms with van der Waals surface area (Å²) in [4.78, 5) is 13.2. The molecular formula is C22H16F3N3OS. The van der Waals surface area contributed by atoms with Crippen molar-refractivity contribution in [2.24, 2.45) is 0 Å². The van der Waals surface area contributed by atoms with E-state index in [9.17, 15) is 18.0 Å². The Morgan fingerprint density at radius 2 is 1.77 bits per heavy atom. The average Bonchev–Trinajstić information content (AvgIpc) is 3.39. The molecule has 4 aromatic rings. The lowest BCUT2D eigenvalue weighted by Gasteiger charge is -2.10. The minimum absolute atomic E-state index is 0.300. The maximum absolute atomic E-state index is 13.2. The highest BCUT2D eigenvalue weighted by atomic mass is 32.1. The molecule has 1 N–H and O–H groups in total. The van der Waals surface area contributed by atoms with Gasteiger partial charge >= 0.3 is 6.18 Å². The van der Waals surface area contributed by atoms with Crippen molar-refractivity contribution in [1.82, 2.24) is 9.78 Å². The van der Waals surface area contributed by atoms with E-state index in [2.05, 4.69) is 10.4 Å². The molecule has 8 heteroatoms. The number of para-hydroxylation sites is 1. The SMILES string of the molecule is Cc1ccccc1NC(=O)c1ccc(-n2nc(C(F)(F)F)cc2-c2cccs2)cc1. The van der Waals surface area contributed by atoms with Crippen LogP contribution >= 0.6 is 11.3 Å². The van der Waals surface area contributed by atoms with Crippen molar-refractivity contribution in [1.29, 1.82) is 0 Å². The molecule has 0 aliphatic heterocycles. The van der Waals surface area contributed by atoms with Gasteiger partial charge in [-0.2, -0.15) is 18.3 Å². The zero-order chi connectivity index (χ0) is 21.3. The molecule has 4 rings (SSSR count). The number of amides is 1. The van der Waals surface area contributed by atoms with E-state index in [-0.39, 0.29) is 5.91 Å². The molecule has 0 unspecified atom stereocenters. The predicted molar refractivity (Wildman–Crippen MR) is 111 cm³/mol. The van der Waals surface area contributed by atoms with Crippen LogP contribution in [0.25, 0.3) is 16.3 Å². The van der Waals surface area contributed by atoms with Crippen LogP contribution in [0.5, 0.6) is 0 Å². The van der Waals surface area contributed by atoms with Crippen LogP contribution in [0, 0.1) is 6.92 Å². The molecule has 0 atom stereocenters. The number of rotatable bonds is 4. The van der Waals surface area contributed by atoms with Crippen molar-refractivity contribution < 1.29 is 18.0 Å². The van der Waals surface area contributed by atoms with Crippen LogP contribution in [0.1, 0.15) is 21.6 Å². The van der Waals surface area contributed by atoms with Crippen molar-refractivity contribution in [2.75, 3.05) is 5.32 Å². The van der Waals surface area contributed by atoms with Crippen molar-refractivity contribution in [3.63, 3.8) is 0 Å². The Labute approximate surface area is 174 Å². The van der Waals surface area contributed by atoms with Crippen LogP contribution in [0.3, 0.4) is 0 Å². The van der Waals surface area contributed by atoms with Crippen molar-refractivity contribution in [3.8, 4) is 16.3 Å². The van der Waals surface area contributed by atoms with Crippen LogP contribution in [0.2, 0.25) is 0 Å². The average molecular weight is 427 g/mol. The van der Waals surface area contributed by atoms with E-state index >= 15 is 0 Å². The summed E-state index contributed by atoms with van der Waals surface area (Å²) in [5.41, 5.74) is 1.83. The zero-order valence-electron chi connectivity index (χ0n) is 15.8. The number of anilines is 1. The highest BCUT2D eigenvalue weighted by Gasteiger charge is 2.35. The molecule has 0 aliphatic rings. The molecule has 4 nitrogen and oxygen atoms in total. The Hall–Kier alpha value is -3.39. The number of thiophene rings is 1. The van der Waals surface area contributed by atoms with Crippen molar-refractivity contribution in [3.05, 3.63) is 88.9 Å². The van der Waals surface area contributed by atoms with Crippen LogP contribution in [0.15, 0.2) is 72.1 Å². The summed E-state index contributed by atoms with van der Waals surface area (Å²) >= 11 is 1.33. The minimum Gasteiger partial charge on any atom is -0.322 e. The first-order valence-electron chi connectivity index (χ1n) is 9.01. The molecule has 0 saturated carbocycles. The first kappa shape index (κ1) is 19.9. The van der Waals surface area contributed by atoms with Gasteiger partial charge in [0, 0.05) is 11.3 Å². The maximum Gasteiger partial charge on any atom is 0.435 e. The molecule has 2 aromatic heterocycles. The predicted octanol–water partition coefficient (Wildman–Crippen LogP) is 6.18. The number of aryl methyl sites for hydroxylation is 1. The van der Waals surface area contributed by atoms with E-state index in [0.29, 0.717) is 27.5 Å². The highest BCUT2D eigenvalue weighted by Crippen LogP contribution is 2.34. The quantitative estimate of drug-likeness (QED) is 0.423. The third-order valence-electron chi connectivity index (χ3n) is 4.54. The number of hydrogen-bond donors (Lipinski definition) is 1. The van der Waals surface area contributed by atoms with Gasteiger partial charge in [-0.3, -0.25) is 4.79 Å². The standard InChI is InChI=1S/C22H16F3N3OS/c1-14-5-2-3-6-17(14)26-21(29)15-8-10-16(11-9-15)28-18(19-7-4-12-30-19)13-20(27-28)22(23,24)25/h2-13H,1H3,(H,26,29). The number of benzene rings is 2.